The Morgan fingerprint density at radius 2 is 0.360 bits per heavy atom. The maximum absolute atomic E-state index is 2.41. The van der Waals surface area contributed by atoms with Gasteiger partial charge in [-0.05, 0) is 262 Å². The first-order valence-electron chi connectivity index (χ1n) is 35.0. The van der Waals surface area contributed by atoms with Crippen molar-refractivity contribution in [2.75, 3.05) is 0 Å². The van der Waals surface area contributed by atoms with E-state index in [1.165, 1.54) is 208 Å². The molecule has 0 aliphatic rings. The summed E-state index contributed by atoms with van der Waals surface area (Å²) < 4.78 is 0. The summed E-state index contributed by atoms with van der Waals surface area (Å²) in [5.41, 5.74) is 23.6. The minimum absolute atomic E-state index is 1.27. The molecule has 0 saturated heterocycles. The molecule has 0 aliphatic heterocycles. The van der Waals surface area contributed by atoms with Crippen molar-refractivity contribution in [3.63, 3.8) is 0 Å². The van der Waals surface area contributed by atoms with Crippen LogP contribution >= 0.6 is 0 Å². The molecule has 0 N–H and O–H groups in total. The molecule has 0 saturated carbocycles. The molecular formula is C100H74. The van der Waals surface area contributed by atoms with Gasteiger partial charge in [0.1, 0.15) is 0 Å². The Morgan fingerprint density at radius 1 is 0.130 bits per heavy atom. The van der Waals surface area contributed by atoms with Crippen molar-refractivity contribution in [3.05, 3.63) is 373 Å². The predicted molar refractivity (Wildman–Crippen MR) is 435 cm³/mol. The Balaban J connectivity index is 0.000000113. The summed E-state index contributed by atoms with van der Waals surface area (Å²) in [5, 5.41) is 25.9. The number of hydrogen-bond donors (Lipinski definition) is 0. The monoisotopic (exact) mass is 1270 g/mol. The minimum Gasteiger partial charge on any atom is -0.0622 e. The van der Waals surface area contributed by atoms with Crippen LogP contribution in [0.25, 0.3) is 174 Å². The predicted octanol–water partition coefficient (Wildman–Crippen LogP) is 28.4. The first kappa shape index (κ1) is 61.4. The first-order chi connectivity index (χ1) is 49.1. The topological polar surface area (TPSA) is 0 Å². The van der Waals surface area contributed by atoms with Gasteiger partial charge < -0.3 is 0 Å². The Bertz CT molecular complexity index is 6050. The third-order valence-corrected chi connectivity index (χ3v) is 21.2. The largest absolute Gasteiger partial charge is 0.0622 e. The maximum Gasteiger partial charge on any atom is -0.00200 e. The van der Waals surface area contributed by atoms with Gasteiger partial charge in [-0.2, -0.15) is 0 Å². The zero-order valence-electron chi connectivity index (χ0n) is 57.3. The van der Waals surface area contributed by atoms with Gasteiger partial charge in [-0.25, -0.2) is 0 Å². The highest BCUT2D eigenvalue weighted by Gasteiger charge is 2.23. The van der Waals surface area contributed by atoms with Crippen LogP contribution in [0.15, 0.2) is 340 Å². The molecule has 0 nitrogen and oxygen atoms in total. The lowest BCUT2D eigenvalue weighted by Gasteiger charge is -2.21. The van der Waals surface area contributed by atoms with Crippen molar-refractivity contribution >= 4 is 108 Å². The standard InChI is InChI=1S/2C36H26.C28H22/c1-23-21-33-34(22-24(23)2)36(30-20-10-14-26-12-4-6-16-28(26)30)32-18-8-7-17-31(32)35(33)29-19-9-13-25-11-3-5-15-27(25)29;1-23-19-33-34(20-24(23)2)36(30-18-16-26-10-4-6-12-28(26)22-30)32-14-8-7-13-31(32)35(33)29-17-15-25-9-3-5-11-27(25)21-29;1-19-17-25-26(18-20(19)2)28(22-13-7-4-8-14-22)24-16-10-9-15-23(24)27(25)21-11-5-3-6-12-21/h2*3-22H,1-2H3;3-18H,1-2H3. The van der Waals surface area contributed by atoms with E-state index in [2.05, 4.69) is 381 Å². The third-order valence-electron chi connectivity index (χ3n) is 21.2. The van der Waals surface area contributed by atoms with E-state index in [-0.39, 0.29) is 0 Å². The Hall–Kier alpha value is -12.2. The molecule has 0 atom stereocenters. The van der Waals surface area contributed by atoms with Gasteiger partial charge in [0.2, 0.25) is 0 Å². The molecule has 0 fully saturated rings. The lowest BCUT2D eigenvalue weighted by atomic mass is 9.82. The van der Waals surface area contributed by atoms with Gasteiger partial charge in [-0.1, -0.05) is 328 Å². The quantitative estimate of drug-likeness (QED) is 0.146. The van der Waals surface area contributed by atoms with Gasteiger partial charge in [0.05, 0.1) is 0 Å². The summed E-state index contributed by atoms with van der Waals surface area (Å²) in [6, 6.07) is 124. The van der Waals surface area contributed by atoms with Gasteiger partial charge in [0, 0.05) is 0 Å². The molecule has 100 heavy (non-hydrogen) atoms. The zero-order chi connectivity index (χ0) is 67.5. The van der Waals surface area contributed by atoms with Crippen LogP contribution in [0.5, 0.6) is 0 Å². The normalized spacial score (nSPS) is 11.5. The third kappa shape index (κ3) is 10.8. The van der Waals surface area contributed by atoms with E-state index in [1.807, 2.05) is 0 Å². The lowest BCUT2D eigenvalue weighted by Crippen LogP contribution is -1.94. The molecule has 0 heterocycles. The van der Waals surface area contributed by atoms with E-state index in [4.69, 9.17) is 0 Å². The molecule has 0 spiro atoms. The molecule has 19 aromatic carbocycles. The summed E-state index contributed by atoms with van der Waals surface area (Å²) in [7, 11) is 0. The molecule has 474 valence electrons. The highest BCUT2D eigenvalue weighted by atomic mass is 14.3. The molecule has 0 aromatic heterocycles. The van der Waals surface area contributed by atoms with Crippen LogP contribution in [0.3, 0.4) is 0 Å². The fourth-order valence-corrected chi connectivity index (χ4v) is 15.9. The van der Waals surface area contributed by atoms with E-state index >= 15 is 0 Å². The van der Waals surface area contributed by atoms with E-state index in [0.29, 0.717) is 0 Å². The number of hydrogen-bond acceptors (Lipinski definition) is 0. The molecule has 0 amide bonds. The van der Waals surface area contributed by atoms with E-state index in [9.17, 15) is 0 Å². The van der Waals surface area contributed by atoms with Crippen molar-refractivity contribution in [2.45, 2.75) is 41.5 Å². The van der Waals surface area contributed by atoms with Crippen molar-refractivity contribution in [1.82, 2.24) is 0 Å². The summed E-state index contributed by atoms with van der Waals surface area (Å²) in [5.74, 6) is 0. The van der Waals surface area contributed by atoms with Gasteiger partial charge >= 0.3 is 0 Å². The van der Waals surface area contributed by atoms with Crippen LogP contribution in [-0.2, 0) is 0 Å². The number of fused-ring (bicyclic) bond motifs is 10. The van der Waals surface area contributed by atoms with Crippen molar-refractivity contribution < 1.29 is 0 Å². The molecule has 0 aliphatic carbocycles. The fourth-order valence-electron chi connectivity index (χ4n) is 15.9. The van der Waals surface area contributed by atoms with Crippen molar-refractivity contribution in [2.24, 2.45) is 0 Å². The van der Waals surface area contributed by atoms with Gasteiger partial charge in [0.25, 0.3) is 0 Å². The highest BCUT2D eigenvalue weighted by molar-refractivity contribution is 6.27. The highest BCUT2D eigenvalue weighted by Crippen LogP contribution is 2.50. The van der Waals surface area contributed by atoms with Crippen LogP contribution in [0, 0.1) is 41.5 Å². The smallest absolute Gasteiger partial charge is 0.00200 e. The average molecular weight is 1280 g/mol. The summed E-state index contributed by atoms with van der Waals surface area (Å²) in [6.45, 7) is 13.3. The van der Waals surface area contributed by atoms with Gasteiger partial charge in [-0.3, -0.25) is 0 Å². The van der Waals surface area contributed by atoms with Crippen LogP contribution in [0.2, 0.25) is 0 Å². The SMILES string of the molecule is Cc1cc2c(-c3ccc4ccccc4c3)c3ccccc3c(-c3ccc4ccccc4c3)c2cc1C.Cc1cc2c(-c3cccc4ccccc34)c3ccccc3c(-c3cccc4ccccc34)c2cc1C.Cc1cc2c(-c3ccccc3)c3ccccc3c(-c3ccccc3)c2cc1C. The van der Waals surface area contributed by atoms with Crippen LogP contribution in [0.4, 0.5) is 0 Å². The summed E-state index contributed by atoms with van der Waals surface area (Å²) in [4.78, 5) is 0. The number of aryl methyl sites for hydroxylation is 6. The van der Waals surface area contributed by atoms with E-state index in [0.717, 1.165) is 0 Å². The van der Waals surface area contributed by atoms with E-state index in [1.54, 1.807) is 0 Å². The van der Waals surface area contributed by atoms with Crippen LogP contribution < -0.4 is 0 Å². The Kier molecular flexibility index (Phi) is 15.7. The Labute approximate surface area is 585 Å². The molecule has 0 heteroatoms. The van der Waals surface area contributed by atoms with Gasteiger partial charge in [-0.15, -0.1) is 0 Å². The molecule has 19 rings (SSSR count). The molecule has 0 radical (unpaired) electrons. The Morgan fingerprint density at radius 3 is 0.680 bits per heavy atom. The fraction of sp³-hybridized carbons (Fsp3) is 0.0600. The number of benzene rings is 19. The second-order valence-corrected chi connectivity index (χ2v) is 27.2. The molecule has 0 unspecified atom stereocenters. The lowest BCUT2D eigenvalue weighted by molar-refractivity contribution is 1.37. The minimum atomic E-state index is 1.27. The molecule has 19 aromatic rings. The number of rotatable bonds is 6. The first-order valence-corrected chi connectivity index (χ1v) is 35.0. The second-order valence-electron chi connectivity index (χ2n) is 27.2. The molecular weight excluding hydrogens is 1200 g/mol. The van der Waals surface area contributed by atoms with Crippen molar-refractivity contribution in [3.8, 4) is 66.8 Å². The van der Waals surface area contributed by atoms with Crippen LogP contribution in [-0.4, -0.2) is 0 Å². The van der Waals surface area contributed by atoms with Crippen molar-refractivity contribution in [1.29, 1.82) is 0 Å². The van der Waals surface area contributed by atoms with Crippen LogP contribution in [0.1, 0.15) is 33.4 Å². The summed E-state index contributed by atoms with van der Waals surface area (Å²) >= 11 is 0. The summed E-state index contributed by atoms with van der Waals surface area (Å²) in [6.07, 6.45) is 0. The second kappa shape index (κ2) is 25.7. The average Bonchev–Trinajstić information content (AvgIpc) is 0.729. The maximum atomic E-state index is 2.41. The van der Waals surface area contributed by atoms with Gasteiger partial charge in [0.15, 0.2) is 0 Å². The zero-order valence-corrected chi connectivity index (χ0v) is 57.3. The molecule has 0 bridgehead atoms. The van der Waals surface area contributed by atoms with E-state index < -0.39 is 0 Å².